The summed E-state index contributed by atoms with van der Waals surface area (Å²) in [6, 6.07) is 2.35. The summed E-state index contributed by atoms with van der Waals surface area (Å²) in [5.74, 6) is -1.50. The van der Waals surface area contributed by atoms with E-state index in [1.54, 1.807) is 0 Å². The van der Waals surface area contributed by atoms with E-state index in [1.165, 1.54) is 13.0 Å². The number of nitrogens with one attached hydrogen (secondary N) is 1. The Bertz CT molecular complexity index is 434. The lowest BCUT2D eigenvalue weighted by Gasteiger charge is -2.07. The molecule has 1 atom stereocenters. The highest BCUT2D eigenvalue weighted by Crippen LogP contribution is 2.20. The Hall–Kier alpha value is -2.02. The summed E-state index contributed by atoms with van der Waals surface area (Å²) in [6.07, 6.45) is 0. The van der Waals surface area contributed by atoms with Crippen molar-refractivity contribution in [3.05, 3.63) is 34.1 Å². The van der Waals surface area contributed by atoms with Crippen molar-refractivity contribution < 1.29 is 14.1 Å². The summed E-state index contributed by atoms with van der Waals surface area (Å²) in [6.45, 7) is 1.47. The van der Waals surface area contributed by atoms with Gasteiger partial charge >= 0.3 is 5.69 Å². The summed E-state index contributed by atoms with van der Waals surface area (Å²) in [4.78, 5) is 20.6. The molecule has 0 spiro atoms. The van der Waals surface area contributed by atoms with Crippen molar-refractivity contribution in [3.63, 3.8) is 0 Å². The van der Waals surface area contributed by atoms with Crippen molar-refractivity contribution in [2.45, 2.75) is 13.0 Å². The van der Waals surface area contributed by atoms with E-state index in [-0.39, 0.29) is 5.69 Å². The first-order valence-electron chi connectivity index (χ1n) is 4.42. The molecule has 86 valence electrons. The van der Waals surface area contributed by atoms with Crippen LogP contribution >= 0.6 is 0 Å². The van der Waals surface area contributed by atoms with E-state index < -0.39 is 28.4 Å². The number of nitrogens with zero attached hydrogens (tertiary/aromatic N) is 1. The first-order valence-corrected chi connectivity index (χ1v) is 4.42. The molecule has 1 rings (SSSR count). The Morgan fingerprint density at radius 3 is 2.69 bits per heavy atom. The number of rotatable bonds is 3. The van der Waals surface area contributed by atoms with Gasteiger partial charge in [-0.1, -0.05) is 0 Å². The zero-order valence-electron chi connectivity index (χ0n) is 8.44. The Balaban J connectivity index is 2.90. The minimum atomic E-state index is -1.01. The molecule has 16 heavy (non-hydrogen) atoms. The first-order chi connectivity index (χ1) is 7.41. The fourth-order valence-corrected chi connectivity index (χ4v) is 0.989. The van der Waals surface area contributed by atoms with E-state index >= 15 is 0 Å². The van der Waals surface area contributed by atoms with Gasteiger partial charge in [0.05, 0.1) is 11.0 Å². The number of nitro groups is 1. The molecule has 7 heteroatoms. The van der Waals surface area contributed by atoms with E-state index in [4.69, 9.17) is 5.73 Å². The third kappa shape index (κ3) is 2.74. The maximum absolute atomic E-state index is 13.1. The second kappa shape index (κ2) is 4.67. The highest BCUT2D eigenvalue weighted by atomic mass is 19.1. The number of carbonyl (C=O) groups is 1. The van der Waals surface area contributed by atoms with Crippen LogP contribution < -0.4 is 11.1 Å². The van der Waals surface area contributed by atoms with Crippen LogP contribution in [0.4, 0.5) is 15.8 Å². The molecule has 1 amide bonds. The summed E-state index contributed by atoms with van der Waals surface area (Å²) in [5, 5.41) is 12.6. The average Bonchev–Trinajstić information content (AvgIpc) is 2.16. The van der Waals surface area contributed by atoms with Gasteiger partial charge in [0.15, 0.2) is 0 Å². The van der Waals surface area contributed by atoms with Crippen LogP contribution in [0.25, 0.3) is 0 Å². The number of hydrogen-bond donors (Lipinski definition) is 2. The molecule has 6 nitrogen and oxygen atoms in total. The number of nitro benzene ring substituents is 1. The van der Waals surface area contributed by atoms with Crippen molar-refractivity contribution in [1.29, 1.82) is 0 Å². The molecule has 0 heterocycles. The number of carbonyl (C=O) groups excluding carboxylic acids is 1. The molecule has 0 aliphatic carbocycles. The normalized spacial score (nSPS) is 11.9. The van der Waals surface area contributed by atoms with Gasteiger partial charge in [0.2, 0.25) is 11.7 Å². The predicted octanol–water partition coefficient (Wildman–Crippen LogP) is 1.02. The molecule has 0 aliphatic heterocycles. The summed E-state index contributed by atoms with van der Waals surface area (Å²) >= 11 is 0. The molecule has 0 aliphatic rings. The van der Waals surface area contributed by atoms with Gasteiger partial charge in [0.1, 0.15) is 0 Å². The fraction of sp³-hybridized carbons (Fsp3) is 0.222. The molecular formula is C9H10FN3O3. The molecule has 0 radical (unpaired) electrons. The second-order valence-corrected chi connectivity index (χ2v) is 3.20. The van der Waals surface area contributed by atoms with Crippen molar-refractivity contribution in [3.8, 4) is 0 Å². The first kappa shape index (κ1) is 12.1. The van der Waals surface area contributed by atoms with Gasteiger partial charge in [0.25, 0.3) is 0 Å². The maximum Gasteiger partial charge on any atom is 0.304 e. The van der Waals surface area contributed by atoms with Gasteiger partial charge in [0, 0.05) is 17.8 Å². The standard InChI is InChI=1S/C9H10FN3O3/c1-5(11)9(14)12-6-2-3-8(13(15)16)7(10)4-6/h2-5H,11H2,1H3,(H,12,14)/t5-/m0/s1. The number of benzene rings is 1. The molecule has 0 bridgehead atoms. The highest BCUT2D eigenvalue weighted by molar-refractivity contribution is 5.94. The quantitative estimate of drug-likeness (QED) is 0.594. The molecule has 1 aromatic rings. The number of nitrogens with two attached hydrogens (primary N) is 1. The lowest BCUT2D eigenvalue weighted by Crippen LogP contribution is -2.32. The van der Waals surface area contributed by atoms with E-state index in [2.05, 4.69) is 5.32 Å². The highest BCUT2D eigenvalue weighted by Gasteiger charge is 2.15. The Morgan fingerprint density at radius 1 is 1.62 bits per heavy atom. The zero-order chi connectivity index (χ0) is 12.3. The molecule has 0 unspecified atom stereocenters. The second-order valence-electron chi connectivity index (χ2n) is 3.20. The summed E-state index contributed by atoms with van der Waals surface area (Å²) < 4.78 is 13.1. The topological polar surface area (TPSA) is 98.3 Å². The van der Waals surface area contributed by atoms with Crippen molar-refractivity contribution in [2.75, 3.05) is 5.32 Å². The minimum Gasteiger partial charge on any atom is -0.325 e. The van der Waals surface area contributed by atoms with Gasteiger partial charge in [-0.3, -0.25) is 14.9 Å². The van der Waals surface area contributed by atoms with Gasteiger partial charge in [-0.2, -0.15) is 4.39 Å². The maximum atomic E-state index is 13.1. The van der Waals surface area contributed by atoms with E-state index in [1.807, 2.05) is 0 Å². The van der Waals surface area contributed by atoms with Crippen molar-refractivity contribution in [2.24, 2.45) is 5.73 Å². The number of anilines is 1. The van der Waals surface area contributed by atoms with Crippen molar-refractivity contribution >= 4 is 17.3 Å². The van der Waals surface area contributed by atoms with Crippen molar-refractivity contribution in [1.82, 2.24) is 0 Å². The average molecular weight is 227 g/mol. The lowest BCUT2D eigenvalue weighted by atomic mass is 10.2. The van der Waals surface area contributed by atoms with E-state index in [0.29, 0.717) is 0 Å². The Kier molecular flexibility index (Phi) is 3.51. The lowest BCUT2D eigenvalue weighted by molar-refractivity contribution is -0.387. The summed E-state index contributed by atoms with van der Waals surface area (Å²) in [5.41, 5.74) is 4.78. The van der Waals surface area contributed by atoms with Crippen LogP contribution in [0.15, 0.2) is 18.2 Å². The van der Waals surface area contributed by atoms with Gasteiger partial charge < -0.3 is 11.1 Å². The van der Waals surface area contributed by atoms with Crippen LogP contribution in [0.2, 0.25) is 0 Å². The van der Waals surface area contributed by atoms with Crippen LogP contribution in [0, 0.1) is 15.9 Å². The molecule has 0 fully saturated rings. The molecule has 0 aromatic heterocycles. The fourth-order valence-electron chi connectivity index (χ4n) is 0.989. The molecular weight excluding hydrogens is 217 g/mol. The number of halogens is 1. The molecule has 0 saturated carbocycles. The Morgan fingerprint density at radius 2 is 2.25 bits per heavy atom. The Labute approximate surface area is 90.4 Å². The zero-order valence-corrected chi connectivity index (χ0v) is 8.44. The van der Waals surface area contributed by atoms with Gasteiger partial charge in [-0.25, -0.2) is 0 Å². The van der Waals surface area contributed by atoms with Crippen LogP contribution in [0.3, 0.4) is 0 Å². The largest absolute Gasteiger partial charge is 0.325 e. The van der Waals surface area contributed by atoms with Crippen LogP contribution in [0.1, 0.15) is 6.92 Å². The van der Waals surface area contributed by atoms with E-state index in [9.17, 15) is 19.3 Å². The number of amides is 1. The van der Waals surface area contributed by atoms with Crippen LogP contribution in [0.5, 0.6) is 0 Å². The molecule has 3 N–H and O–H groups in total. The van der Waals surface area contributed by atoms with E-state index in [0.717, 1.165) is 12.1 Å². The smallest absolute Gasteiger partial charge is 0.304 e. The minimum absolute atomic E-state index is 0.130. The molecule has 1 aromatic carbocycles. The van der Waals surface area contributed by atoms with Gasteiger partial charge in [-0.15, -0.1) is 0 Å². The third-order valence-electron chi connectivity index (χ3n) is 1.83. The van der Waals surface area contributed by atoms with Crippen LogP contribution in [-0.4, -0.2) is 16.9 Å². The van der Waals surface area contributed by atoms with Crippen LogP contribution in [-0.2, 0) is 4.79 Å². The molecule has 0 saturated heterocycles. The van der Waals surface area contributed by atoms with Gasteiger partial charge in [-0.05, 0) is 13.0 Å². The summed E-state index contributed by atoms with van der Waals surface area (Å²) in [7, 11) is 0. The number of hydrogen-bond acceptors (Lipinski definition) is 4. The third-order valence-corrected chi connectivity index (χ3v) is 1.83. The SMILES string of the molecule is C[C@H](N)C(=O)Nc1ccc([N+](=O)[O-])c(F)c1. The monoisotopic (exact) mass is 227 g/mol. The predicted molar refractivity (Wildman–Crippen MR) is 55.3 cm³/mol.